The molecule has 0 fully saturated rings. The largest absolute Gasteiger partial charge is 0.310 e. The molecule has 0 atom stereocenters. The monoisotopic (exact) mass is 711 g/mol. The third kappa shape index (κ3) is 4.37. The highest BCUT2D eigenvalue weighted by molar-refractivity contribution is 6.37. The lowest BCUT2D eigenvalue weighted by molar-refractivity contribution is 0.660. The molecule has 0 spiro atoms. The van der Waals surface area contributed by atoms with E-state index in [4.69, 9.17) is 0 Å². The van der Waals surface area contributed by atoms with Crippen LogP contribution in [-0.4, -0.2) is 0 Å². The zero-order valence-corrected chi connectivity index (χ0v) is 31.3. The molecule has 12 rings (SSSR count). The summed E-state index contributed by atoms with van der Waals surface area (Å²) in [6.07, 6.45) is 0. The molecule has 0 radical (unpaired) electrons. The van der Waals surface area contributed by atoms with Gasteiger partial charge in [-0.3, -0.25) is 0 Å². The summed E-state index contributed by atoms with van der Waals surface area (Å²) in [6, 6.07) is 70.3. The molecule has 0 aliphatic heterocycles. The molecule has 1 aliphatic carbocycles. The zero-order valence-electron chi connectivity index (χ0n) is 31.3. The molecule has 0 heterocycles. The molecule has 0 N–H and O–H groups in total. The number of nitrogens with zero attached hydrogens (tertiary/aromatic N) is 1. The standard InChI is InChI=1S/C55H37N/c1-55(2)49-20-7-6-16-43(49)44-30-27-38(32-50(44)55)34-25-28-41(29-26-34)56(40-14-4-3-5-15-40)42-31-39-24-23-37-12-9-18-46-45-17-8-11-35-21-22-36-13-10-19-47(53(36)51(35)45)48(33-42)54(39)52(37)46/h3-33H,1-2H3. The predicted octanol–water partition coefficient (Wildman–Crippen LogP) is 15.5. The maximum atomic E-state index is 2.45. The minimum Gasteiger partial charge on any atom is -0.310 e. The van der Waals surface area contributed by atoms with Gasteiger partial charge in [-0.2, -0.15) is 0 Å². The van der Waals surface area contributed by atoms with Gasteiger partial charge in [-0.05, 0) is 140 Å². The lowest BCUT2D eigenvalue weighted by atomic mass is 9.81. The van der Waals surface area contributed by atoms with E-state index >= 15 is 0 Å². The van der Waals surface area contributed by atoms with Crippen molar-refractivity contribution in [1.29, 1.82) is 0 Å². The minimum atomic E-state index is -0.0374. The first-order valence-electron chi connectivity index (χ1n) is 19.7. The van der Waals surface area contributed by atoms with Crippen LogP contribution in [0.3, 0.4) is 0 Å². The maximum Gasteiger partial charge on any atom is 0.0474 e. The van der Waals surface area contributed by atoms with E-state index in [1.54, 1.807) is 0 Å². The second-order valence-electron chi connectivity index (χ2n) is 16.1. The van der Waals surface area contributed by atoms with E-state index < -0.39 is 0 Å². The third-order valence-corrected chi connectivity index (χ3v) is 12.7. The summed E-state index contributed by atoms with van der Waals surface area (Å²) < 4.78 is 0. The fraction of sp³-hybridized carbons (Fsp3) is 0.0545. The fourth-order valence-corrected chi connectivity index (χ4v) is 10.1. The molecule has 1 aliphatic rings. The van der Waals surface area contributed by atoms with Gasteiger partial charge in [-0.1, -0.05) is 159 Å². The van der Waals surface area contributed by atoms with Crippen LogP contribution in [0.5, 0.6) is 0 Å². The highest BCUT2D eigenvalue weighted by Crippen LogP contribution is 2.50. The van der Waals surface area contributed by atoms with E-state index in [0.29, 0.717) is 0 Å². The Balaban J connectivity index is 1.09. The van der Waals surface area contributed by atoms with E-state index in [0.717, 1.165) is 17.1 Å². The van der Waals surface area contributed by atoms with Gasteiger partial charge in [0.15, 0.2) is 0 Å². The van der Waals surface area contributed by atoms with Gasteiger partial charge in [0.25, 0.3) is 0 Å². The third-order valence-electron chi connectivity index (χ3n) is 12.7. The summed E-state index contributed by atoms with van der Waals surface area (Å²) in [7, 11) is 0. The molecule has 0 amide bonds. The van der Waals surface area contributed by atoms with Crippen LogP contribution in [0.25, 0.3) is 86.9 Å². The van der Waals surface area contributed by atoms with Crippen molar-refractivity contribution in [3.8, 4) is 22.3 Å². The second-order valence-corrected chi connectivity index (χ2v) is 16.1. The summed E-state index contributed by atoms with van der Waals surface area (Å²) in [4.78, 5) is 2.42. The Morgan fingerprint density at radius 2 is 0.839 bits per heavy atom. The topological polar surface area (TPSA) is 3.24 Å². The van der Waals surface area contributed by atoms with Crippen molar-refractivity contribution >= 4 is 81.7 Å². The summed E-state index contributed by atoms with van der Waals surface area (Å²) in [5.74, 6) is 0. The molecular weight excluding hydrogens is 675 g/mol. The average Bonchev–Trinajstić information content (AvgIpc) is 3.48. The minimum absolute atomic E-state index is 0.0374. The lowest BCUT2D eigenvalue weighted by Crippen LogP contribution is -2.14. The number of hydrogen-bond acceptors (Lipinski definition) is 1. The number of rotatable bonds is 4. The molecule has 11 aromatic carbocycles. The van der Waals surface area contributed by atoms with Crippen molar-refractivity contribution in [1.82, 2.24) is 0 Å². The van der Waals surface area contributed by atoms with Crippen molar-refractivity contribution < 1.29 is 0 Å². The molecule has 1 heteroatoms. The molecule has 56 heavy (non-hydrogen) atoms. The summed E-state index contributed by atoms with van der Waals surface area (Å²) >= 11 is 0. The Bertz CT molecular complexity index is 3370. The van der Waals surface area contributed by atoms with Crippen LogP contribution >= 0.6 is 0 Å². The fourth-order valence-electron chi connectivity index (χ4n) is 10.1. The number of hydrogen-bond donors (Lipinski definition) is 0. The van der Waals surface area contributed by atoms with Gasteiger partial charge in [0.05, 0.1) is 0 Å². The Morgan fingerprint density at radius 3 is 1.50 bits per heavy atom. The normalized spacial score (nSPS) is 13.3. The van der Waals surface area contributed by atoms with E-state index in [-0.39, 0.29) is 5.41 Å². The van der Waals surface area contributed by atoms with Crippen LogP contribution in [0, 0.1) is 0 Å². The van der Waals surface area contributed by atoms with Gasteiger partial charge in [-0.25, -0.2) is 0 Å². The van der Waals surface area contributed by atoms with Crippen molar-refractivity contribution in [2.24, 2.45) is 0 Å². The van der Waals surface area contributed by atoms with Crippen LogP contribution in [0.4, 0.5) is 17.1 Å². The predicted molar refractivity (Wildman–Crippen MR) is 240 cm³/mol. The molecule has 1 nitrogen and oxygen atoms in total. The Kier molecular flexibility index (Phi) is 6.46. The van der Waals surface area contributed by atoms with Crippen molar-refractivity contribution in [3.63, 3.8) is 0 Å². The Hall–Kier alpha value is -6.96. The Morgan fingerprint density at radius 1 is 0.321 bits per heavy atom. The van der Waals surface area contributed by atoms with Crippen molar-refractivity contribution in [2.45, 2.75) is 19.3 Å². The second kappa shape index (κ2) is 11.5. The quantitative estimate of drug-likeness (QED) is 0.164. The van der Waals surface area contributed by atoms with Crippen LogP contribution in [-0.2, 0) is 5.41 Å². The van der Waals surface area contributed by atoms with E-state index in [9.17, 15) is 0 Å². The lowest BCUT2D eigenvalue weighted by Gasteiger charge is -2.27. The number of para-hydroxylation sites is 1. The number of fused-ring (bicyclic) bond motifs is 5. The number of benzene rings is 10. The molecule has 0 saturated heterocycles. The molecule has 0 unspecified atom stereocenters. The summed E-state index contributed by atoms with van der Waals surface area (Å²) in [5.41, 5.74) is 11.3. The molecule has 0 saturated carbocycles. The molecule has 0 aromatic heterocycles. The summed E-state index contributed by atoms with van der Waals surface area (Å²) in [5, 5.41) is 15.5. The van der Waals surface area contributed by atoms with Crippen LogP contribution < -0.4 is 4.90 Å². The molecule has 0 bridgehead atoms. The van der Waals surface area contributed by atoms with Gasteiger partial charge in [0.2, 0.25) is 0 Å². The van der Waals surface area contributed by atoms with Gasteiger partial charge in [-0.15, -0.1) is 0 Å². The van der Waals surface area contributed by atoms with Crippen molar-refractivity contribution in [2.75, 3.05) is 4.90 Å². The Labute approximate surface area is 326 Å². The van der Waals surface area contributed by atoms with E-state index in [1.165, 1.54) is 98.0 Å². The summed E-state index contributed by atoms with van der Waals surface area (Å²) in [6.45, 7) is 4.71. The van der Waals surface area contributed by atoms with Gasteiger partial charge < -0.3 is 4.90 Å². The average molecular weight is 712 g/mol. The van der Waals surface area contributed by atoms with Crippen molar-refractivity contribution in [3.05, 3.63) is 199 Å². The van der Waals surface area contributed by atoms with Crippen LogP contribution in [0.1, 0.15) is 25.0 Å². The first kappa shape index (κ1) is 31.4. The zero-order chi connectivity index (χ0) is 37.1. The highest BCUT2D eigenvalue weighted by atomic mass is 15.1. The highest BCUT2D eigenvalue weighted by Gasteiger charge is 2.35. The van der Waals surface area contributed by atoms with Gasteiger partial charge in [0, 0.05) is 22.5 Å². The first-order valence-corrected chi connectivity index (χ1v) is 19.7. The van der Waals surface area contributed by atoms with Gasteiger partial charge in [0.1, 0.15) is 0 Å². The SMILES string of the molecule is CC1(C)c2ccccc2-c2ccc(-c3ccc(N(c4ccccc4)c4cc5ccc6cccc7c8cccc9ccc%10cccc(c(c4)c5c67)c%10c98)cc3)cc21. The van der Waals surface area contributed by atoms with E-state index in [2.05, 4.69) is 207 Å². The maximum absolute atomic E-state index is 2.45. The molecular formula is C55H37N. The first-order chi connectivity index (χ1) is 27.5. The number of anilines is 3. The molecule has 11 aromatic rings. The molecule has 262 valence electrons. The van der Waals surface area contributed by atoms with Crippen LogP contribution in [0.15, 0.2) is 188 Å². The smallest absolute Gasteiger partial charge is 0.0474 e. The van der Waals surface area contributed by atoms with E-state index in [1.807, 2.05) is 0 Å². The van der Waals surface area contributed by atoms with Crippen LogP contribution in [0.2, 0.25) is 0 Å². The van der Waals surface area contributed by atoms with Gasteiger partial charge >= 0.3 is 0 Å².